The van der Waals surface area contributed by atoms with Crippen molar-refractivity contribution in [3.63, 3.8) is 0 Å². The molecule has 5 nitrogen and oxygen atoms in total. The Morgan fingerprint density at radius 1 is 1.33 bits per heavy atom. The molecule has 0 unspecified atom stereocenters. The number of carbonyl (C=O) groups is 1. The zero-order chi connectivity index (χ0) is 15.6. The molecule has 0 aliphatic carbocycles. The number of benzene rings is 2. The first-order valence-corrected chi connectivity index (χ1v) is 7.07. The summed E-state index contributed by atoms with van der Waals surface area (Å²) in [5.41, 5.74) is 1.31. The number of nitro benzene ring substituents is 1. The lowest BCUT2D eigenvalue weighted by Crippen LogP contribution is -2.14. The van der Waals surface area contributed by atoms with E-state index in [9.17, 15) is 14.9 Å². The van der Waals surface area contributed by atoms with Gasteiger partial charge in [-0.2, -0.15) is 0 Å². The van der Waals surface area contributed by atoms with Crippen LogP contribution in [0.4, 0.5) is 11.4 Å². The number of nitrogens with zero attached hydrogens (tertiary/aromatic N) is 1. The number of amides is 1. The van der Waals surface area contributed by atoms with Gasteiger partial charge < -0.3 is 5.32 Å². The van der Waals surface area contributed by atoms with Crippen LogP contribution in [-0.2, 0) is 0 Å². The van der Waals surface area contributed by atoms with Gasteiger partial charge in [0, 0.05) is 16.6 Å². The molecule has 0 aliphatic heterocycles. The number of carbonyl (C=O) groups excluding carboxylic acids is 1. The molecule has 2 aromatic rings. The summed E-state index contributed by atoms with van der Waals surface area (Å²) in [4.78, 5) is 22.5. The van der Waals surface area contributed by atoms with Gasteiger partial charge in [0.2, 0.25) is 0 Å². The Labute approximate surface area is 134 Å². The predicted molar refractivity (Wildman–Crippen MR) is 84.9 cm³/mol. The van der Waals surface area contributed by atoms with Gasteiger partial charge in [0.1, 0.15) is 0 Å². The molecule has 2 aromatic carbocycles. The number of halogens is 2. The van der Waals surface area contributed by atoms with E-state index in [0.717, 1.165) is 5.56 Å². The highest BCUT2D eigenvalue weighted by Gasteiger charge is 2.17. The van der Waals surface area contributed by atoms with E-state index in [4.69, 9.17) is 11.6 Å². The fourth-order valence-corrected chi connectivity index (χ4v) is 2.47. The number of nitrogens with one attached hydrogen (secondary N) is 1. The normalized spacial score (nSPS) is 10.2. The van der Waals surface area contributed by atoms with Gasteiger partial charge in [-0.05, 0) is 40.5 Å². The number of aryl methyl sites for hydroxylation is 1. The van der Waals surface area contributed by atoms with Crippen LogP contribution in [0.5, 0.6) is 0 Å². The first kappa shape index (κ1) is 15.5. The van der Waals surface area contributed by atoms with Crippen molar-refractivity contribution in [1.82, 2.24) is 0 Å². The molecule has 1 N–H and O–H groups in total. The molecule has 1 amide bonds. The van der Waals surface area contributed by atoms with Crippen molar-refractivity contribution in [2.45, 2.75) is 6.92 Å². The van der Waals surface area contributed by atoms with E-state index in [1.54, 1.807) is 12.1 Å². The van der Waals surface area contributed by atoms with Crippen molar-refractivity contribution >= 4 is 44.8 Å². The van der Waals surface area contributed by atoms with Gasteiger partial charge in [-0.1, -0.05) is 23.7 Å². The zero-order valence-corrected chi connectivity index (χ0v) is 13.2. The summed E-state index contributed by atoms with van der Waals surface area (Å²) in [7, 11) is 0. The maximum atomic E-state index is 12.3. The molecule has 0 spiro atoms. The molecule has 0 bridgehead atoms. The van der Waals surface area contributed by atoms with Crippen molar-refractivity contribution in [3.8, 4) is 0 Å². The number of non-ortho nitro benzene ring substituents is 1. The Morgan fingerprint density at radius 2 is 2.05 bits per heavy atom. The number of nitro groups is 1. The van der Waals surface area contributed by atoms with Gasteiger partial charge in [0.15, 0.2) is 0 Å². The molecule has 2 rings (SSSR count). The lowest BCUT2D eigenvalue weighted by molar-refractivity contribution is -0.384. The SMILES string of the molecule is Cc1cccc(Cl)c1NC(=O)c1cc([N+](=O)[O-])ccc1Br. The molecule has 0 heterocycles. The first-order chi connectivity index (χ1) is 9.90. The third-order valence-corrected chi connectivity index (χ3v) is 3.87. The molecule has 0 aromatic heterocycles. The van der Waals surface area contributed by atoms with Crippen LogP contribution in [-0.4, -0.2) is 10.8 Å². The topological polar surface area (TPSA) is 72.2 Å². The van der Waals surface area contributed by atoms with Crippen LogP contribution in [0.25, 0.3) is 0 Å². The molecule has 0 atom stereocenters. The number of rotatable bonds is 3. The Morgan fingerprint density at radius 3 is 2.67 bits per heavy atom. The summed E-state index contributed by atoms with van der Waals surface area (Å²) in [6.07, 6.45) is 0. The van der Waals surface area contributed by atoms with Gasteiger partial charge in [-0.3, -0.25) is 14.9 Å². The van der Waals surface area contributed by atoms with Gasteiger partial charge in [-0.25, -0.2) is 0 Å². The van der Waals surface area contributed by atoms with E-state index >= 15 is 0 Å². The minimum absolute atomic E-state index is 0.153. The summed E-state index contributed by atoms with van der Waals surface area (Å²) in [6.45, 7) is 1.81. The van der Waals surface area contributed by atoms with E-state index in [2.05, 4.69) is 21.2 Å². The Bertz CT molecular complexity index is 714. The van der Waals surface area contributed by atoms with E-state index in [0.29, 0.717) is 15.2 Å². The summed E-state index contributed by atoms with van der Waals surface area (Å²) in [5.74, 6) is -0.471. The Kier molecular flexibility index (Phi) is 4.59. The zero-order valence-electron chi connectivity index (χ0n) is 10.9. The summed E-state index contributed by atoms with van der Waals surface area (Å²) >= 11 is 9.26. The molecule has 0 saturated heterocycles. The summed E-state index contributed by atoms with van der Waals surface area (Å²) in [6, 6.07) is 9.24. The third-order valence-electron chi connectivity index (χ3n) is 2.87. The van der Waals surface area contributed by atoms with Crippen LogP contribution in [0.15, 0.2) is 40.9 Å². The lowest BCUT2D eigenvalue weighted by Gasteiger charge is -2.11. The molecule has 0 radical (unpaired) electrons. The fourth-order valence-electron chi connectivity index (χ4n) is 1.77. The third kappa shape index (κ3) is 3.40. The highest BCUT2D eigenvalue weighted by Crippen LogP contribution is 2.28. The lowest BCUT2D eigenvalue weighted by atomic mass is 10.1. The standard InChI is InChI=1S/C14H10BrClN2O3/c1-8-3-2-4-12(16)13(8)17-14(19)10-7-9(18(20)21)5-6-11(10)15/h2-7H,1H3,(H,17,19). The number of hydrogen-bond donors (Lipinski definition) is 1. The second-order valence-corrected chi connectivity index (χ2v) is 5.57. The Balaban J connectivity index is 2.37. The molecular weight excluding hydrogens is 360 g/mol. The Hall–Kier alpha value is -1.92. The average molecular weight is 370 g/mol. The maximum absolute atomic E-state index is 12.3. The van der Waals surface area contributed by atoms with Gasteiger partial charge in [0.05, 0.1) is 21.2 Å². The molecule has 108 valence electrons. The van der Waals surface area contributed by atoms with Crippen molar-refractivity contribution in [2.75, 3.05) is 5.32 Å². The molecule has 0 saturated carbocycles. The van der Waals surface area contributed by atoms with Crippen LogP contribution in [0.3, 0.4) is 0 Å². The minimum Gasteiger partial charge on any atom is -0.320 e. The molecule has 0 fully saturated rings. The van der Waals surface area contributed by atoms with E-state index in [1.807, 2.05) is 13.0 Å². The second-order valence-electron chi connectivity index (χ2n) is 4.31. The molecule has 0 aliphatic rings. The summed E-state index contributed by atoms with van der Waals surface area (Å²) < 4.78 is 0.468. The maximum Gasteiger partial charge on any atom is 0.270 e. The summed E-state index contributed by atoms with van der Waals surface area (Å²) in [5, 5.41) is 13.9. The predicted octanol–water partition coefficient (Wildman–Crippen LogP) is 4.57. The van der Waals surface area contributed by atoms with Gasteiger partial charge in [-0.15, -0.1) is 0 Å². The number of hydrogen-bond acceptors (Lipinski definition) is 3. The van der Waals surface area contributed by atoms with Gasteiger partial charge in [0.25, 0.3) is 11.6 Å². The molecular formula is C14H10BrClN2O3. The highest BCUT2D eigenvalue weighted by atomic mass is 79.9. The van der Waals surface area contributed by atoms with E-state index < -0.39 is 10.8 Å². The van der Waals surface area contributed by atoms with Crippen LogP contribution in [0.1, 0.15) is 15.9 Å². The van der Waals surface area contributed by atoms with E-state index in [1.165, 1.54) is 18.2 Å². The first-order valence-electron chi connectivity index (χ1n) is 5.90. The van der Waals surface area contributed by atoms with Crippen LogP contribution >= 0.6 is 27.5 Å². The fraction of sp³-hybridized carbons (Fsp3) is 0.0714. The van der Waals surface area contributed by atoms with Crippen molar-refractivity contribution < 1.29 is 9.72 Å². The van der Waals surface area contributed by atoms with Gasteiger partial charge >= 0.3 is 0 Å². The van der Waals surface area contributed by atoms with Crippen molar-refractivity contribution in [1.29, 1.82) is 0 Å². The van der Waals surface area contributed by atoms with Crippen molar-refractivity contribution in [2.24, 2.45) is 0 Å². The van der Waals surface area contributed by atoms with Crippen LogP contribution < -0.4 is 5.32 Å². The van der Waals surface area contributed by atoms with Crippen LogP contribution in [0.2, 0.25) is 5.02 Å². The number of para-hydroxylation sites is 1. The number of anilines is 1. The van der Waals surface area contributed by atoms with Crippen LogP contribution in [0, 0.1) is 17.0 Å². The van der Waals surface area contributed by atoms with Crippen molar-refractivity contribution in [3.05, 3.63) is 67.1 Å². The molecule has 21 heavy (non-hydrogen) atoms. The smallest absolute Gasteiger partial charge is 0.270 e. The highest BCUT2D eigenvalue weighted by molar-refractivity contribution is 9.10. The quantitative estimate of drug-likeness (QED) is 0.636. The second kappa shape index (κ2) is 6.24. The minimum atomic E-state index is -0.552. The largest absolute Gasteiger partial charge is 0.320 e. The monoisotopic (exact) mass is 368 g/mol. The van der Waals surface area contributed by atoms with E-state index in [-0.39, 0.29) is 11.3 Å². The molecule has 7 heteroatoms. The average Bonchev–Trinajstić information content (AvgIpc) is 2.43.